The normalized spacial score (nSPS) is 22.2. The summed E-state index contributed by atoms with van der Waals surface area (Å²) in [6.45, 7) is 0.759. The Morgan fingerprint density at radius 1 is 0.972 bits per heavy atom. The Bertz CT molecular complexity index is 1200. The van der Waals surface area contributed by atoms with Gasteiger partial charge in [0.05, 0.1) is 22.2 Å². The van der Waals surface area contributed by atoms with Gasteiger partial charge in [0.2, 0.25) is 0 Å². The van der Waals surface area contributed by atoms with E-state index in [1.807, 2.05) is 48.5 Å². The molecule has 0 aromatic heterocycles. The molecule has 2 heterocycles. The smallest absolute Gasteiger partial charge is 0.343 e. The molecule has 8 heteroatoms. The van der Waals surface area contributed by atoms with E-state index in [2.05, 4.69) is 22.3 Å². The summed E-state index contributed by atoms with van der Waals surface area (Å²) in [5.74, 6) is -0.598. The van der Waals surface area contributed by atoms with Crippen LogP contribution in [-0.4, -0.2) is 22.4 Å². The molecule has 5 rings (SSSR count). The lowest BCUT2D eigenvalue weighted by Gasteiger charge is -2.42. The third-order valence-electron chi connectivity index (χ3n) is 7.52. The largest absolute Gasteiger partial charge is 0.417 e. The van der Waals surface area contributed by atoms with Crippen LogP contribution in [0.2, 0.25) is 5.02 Å². The number of benzene rings is 3. The van der Waals surface area contributed by atoms with Crippen molar-refractivity contribution in [2.75, 3.05) is 0 Å². The van der Waals surface area contributed by atoms with E-state index in [0.717, 1.165) is 43.9 Å². The molecule has 1 unspecified atom stereocenters. The minimum atomic E-state index is -4.64. The summed E-state index contributed by atoms with van der Waals surface area (Å²) >= 11 is 6.10. The number of amides is 1. The summed E-state index contributed by atoms with van der Waals surface area (Å²) < 4.78 is 40.3. The van der Waals surface area contributed by atoms with E-state index < -0.39 is 28.7 Å². The van der Waals surface area contributed by atoms with Gasteiger partial charge >= 0.3 is 6.18 Å². The molecular weight excluding hydrogens is 508 g/mol. The standard InChI is InChI=1S/C28H26ClF3N2O.ClH/c29-24-22(12-7-13-23(24)28(30,31)32)26(35)33-25(20-10-5-2-6-11-20)27-16-14-21(15-17-27)34(27)18-19-8-3-1-4-9-19;/h1-13,21,25H,14-18H2,(H,33,35);1H. The van der Waals surface area contributed by atoms with Crippen LogP contribution in [0.4, 0.5) is 13.2 Å². The Labute approximate surface area is 220 Å². The number of alkyl halides is 3. The van der Waals surface area contributed by atoms with Gasteiger partial charge in [0, 0.05) is 18.1 Å². The van der Waals surface area contributed by atoms with Crippen LogP contribution in [0.15, 0.2) is 78.9 Å². The zero-order valence-corrected chi connectivity index (χ0v) is 21.0. The van der Waals surface area contributed by atoms with Gasteiger partial charge in [-0.25, -0.2) is 0 Å². The van der Waals surface area contributed by atoms with Crippen LogP contribution in [0.3, 0.4) is 0 Å². The van der Waals surface area contributed by atoms with E-state index in [1.54, 1.807) is 0 Å². The van der Waals surface area contributed by atoms with Crippen molar-refractivity contribution in [1.29, 1.82) is 0 Å². The maximum Gasteiger partial charge on any atom is 0.417 e. The lowest BCUT2D eigenvalue weighted by molar-refractivity contribution is -0.137. The highest BCUT2D eigenvalue weighted by atomic mass is 35.5. The quantitative estimate of drug-likeness (QED) is 0.356. The average Bonchev–Trinajstić information content (AvgIpc) is 3.37. The average molecular weight is 535 g/mol. The first-order chi connectivity index (χ1) is 16.8. The molecule has 1 amide bonds. The summed E-state index contributed by atoms with van der Waals surface area (Å²) in [4.78, 5) is 15.9. The summed E-state index contributed by atoms with van der Waals surface area (Å²) in [5.41, 5.74) is 0.634. The number of nitrogens with zero attached hydrogens (tertiary/aromatic N) is 1. The molecule has 2 bridgehead atoms. The molecule has 2 aliphatic heterocycles. The van der Waals surface area contributed by atoms with Crippen LogP contribution < -0.4 is 5.32 Å². The zero-order chi connectivity index (χ0) is 24.6. The molecule has 3 nitrogen and oxygen atoms in total. The first-order valence-electron chi connectivity index (χ1n) is 11.8. The van der Waals surface area contributed by atoms with Crippen LogP contribution in [0.1, 0.15) is 58.8 Å². The number of nitrogens with one attached hydrogen (secondary N) is 1. The summed E-state index contributed by atoms with van der Waals surface area (Å²) in [6.07, 6.45) is -0.782. The van der Waals surface area contributed by atoms with Crippen LogP contribution in [-0.2, 0) is 12.7 Å². The third-order valence-corrected chi connectivity index (χ3v) is 7.93. The molecule has 36 heavy (non-hydrogen) atoms. The number of fused-ring (bicyclic) bond motifs is 2. The van der Waals surface area contributed by atoms with Gasteiger partial charge in [0.15, 0.2) is 0 Å². The van der Waals surface area contributed by atoms with Gasteiger partial charge in [-0.05, 0) is 48.9 Å². The number of hydrogen-bond donors (Lipinski definition) is 1. The van der Waals surface area contributed by atoms with E-state index in [1.165, 1.54) is 17.7 Å². The van der Waals surface area contributed by atoms with E-state index in [9.17, 15) is 18.0 Å². The van der Waals surface area contributed by atoms with Crippen molar-refractivity contribution in [2.24, 2.45) is 0 Å². The number of carbonyl (C=O) groups is 1. The molecule has 190 valence electrons. The SMILES string of the molecule is Cl.O=C(NC(c1ccccc1)C12CCC(CC1)N2Cc1ccccc1)c1cccc(C(F)(F)F)c1Cl. The fourth-order valence-corrected chi connectivity index (χ4v) is 6.21. The Morgan fingerprint density at radius 3 is 2.19 bits per heavy atom. The highest BCUT2D eigenvalue weighted by molar-refractivity contribution is 6.34. The van der Waals surface area contributed by atoms with Gasteiger partial charge in [0.25, 0.3) is 5.91 Å². The molecule has 0 aliphatic carbocycles. The summed E-state index contributed by atoms with van der Waals surface area (Å²) in [7, 11) is 0. The fraction of sp³-hybridized carbons (Fsp3) is 0.321. The highest BCUT2D eigenvalue weighted by Gasteiger charge is 2.56. The Hall–Kier alpha value is -2.54. The molecular formula is C28H27Cl2F3N2O. The lowest BCUT2D eigenvalue weighted by atomic mass is 9.78. The van der Waals surface area contributed by atoms with Crippen molar-refractivity contribution in [1.82, 2.24) is 10.2 Å². The van der Waals surface area contributed by atoms with Crippen molar-refractivity contribution >= 4 is 29.9 Å². The van der Waals surface area contributed by atoms with Gasteiger partial charge in [0.1, 0.15) is 0 Å². The molecule has 2 fully saturated rings. The van der Waals surface area contributed by atoms with E-state index in [0.29, 0.717) is 6.04 Å². The van der Waals surface area contributed by atoms with Crippen LogP contribution in [0.5, 0.6) is 0 Å². The predicted octanol–water partition coefficient (Wildman–Crippen LogP) is 7.45. The monoisotopic (exact) mass is 534 g/mol. The number of halogens is 5. The van der Waals surface area contributed by atoms with Crippen LogP contribution in [0.25, 0.3) is 0 Å². The topological polar surface area (TPSA) is 32.3 Å². The molecule has 0 spiro atoms. The van der Waals surface area contributed by atoms with Crippen molar-refractivity contribution in [3.63, 3.8) is 0 Å². The Morgan fingerprint density at radius 2 is 1.58 bits per heavy atom. The Kier molecular flexibility index (Phi) is 7.69. The van der Waals surface area contributed by atoms with Crippen molar-refractivity contribution in [3.8, 4) is 0 Å². The molecule has 0 saturated carbocycles. The number of rotatable bonds is 6. The number of carbonyl (C=O) groups excluding carboxylic acids is 1. The molecule has 1 N–H and O–H groups in total. The van der Waals surface area contributed by atoms with E-state index >= 15 is 0 Å². The fourth-order valence-electron chi connectivity index (χ4n) is 5.89. The second kappa shape index (κ2) is 10.4. The van der Waals surface area contributed by atoms with Crippen molar-refractivity contribution in [3.05, 3.63) is 106 Å². The van der Waals surface area contributed by atoms with Gasteiger partial charge in [-0.3, -0.25) is 9.69 Å². The maximum absolute atomic E-state index is 13.4. The van der Waals surface area contributed by atoms with Crippen LogP contribution in [0, 0.1) is 0 Å². The second-order valence-electron chi connectivity index (χ2n) is 9.43. The summed E-state index contributed by atoms with van der Waals surface area (Å²) in [6, 6.07) is 23.4. The maximum atomic E-state index is 13.4. The first kappa shape index (κ1) is 26.5. The molecule has 3 aromatic carbocycles. The van der Waals surface area contributed by atoms with Crippen molar-refractivity contribution in [2.45, 2.75) is 56.0 Å². The minimum absolute atomic E-state index is 0. The third kappa shape index (κ3) is 4.86. The highest BCUT2D eigenvalue weighted by Crippen LogP contribution is 2.53. The van der Waals surface area contributed by atoms with Gasteiger partial charge < -0.3 is 5.32 Å². The number of hydrogen-bond acceptors (Lipinski definition) is 2. The van der Waals surface area contributed by atoms with E-state index in [-0.39, 0.29) is 23.5 Å². The Balaban J connectivity index is 0.00000304. The van der Waals surface area contributed by atoms with Crippen LogP contribution >= 0.6 is 24.0 Å². The molecule has 2 saturated heterocycles. The van der Waals surface area contributed by atoms with Crippen molar-refractivity contribution < 1.29 is 18.0 Å². The second-order valence-corrected chi connectivity index (χ2v) is 9.81. The molecule has 1 atom stereocenters. The van der Waals surface area contributed by atoms with Gasteiger partial charge in [-0.2, -0.15) is 13.2 Å². The summed E-state index contributed by atoms with van der Waals surface area (Å²) in [5, 5.41) is 2.54. The van der Waals surface area contributed by atoms with E-state index in [4.69, 9.17) is 11.6 Å². The minimum Gasteiger partial charge on any atom is -0.343 e. The van der Waals surface area contributed by atoms with Gasteiger partial charge in [-0.15, -0.1) is 12.4 Å². The predicted molar refractivity (Wildman–Crippen MR) is 137 cm³/mol. The first-order valence-corrected chi connectivity index (χ1v) is 12.2. The molecule has 3 aromatic rings. The van der Waals surface area contributed by atoms with Gasteiger partial charge in [-0.1, -0.05) is 78.3 Å². The molecule has 2 aliphatic rings. The molecule has 0 radical (unpaired) electrons. The zero-order valence-electron chi connectivity index (χ0n) is 19.5. The lowest BCUT2D eigenvalue weighted by Crippen LogP contribution is -2.52.